The van der Waals surface area contributed by atoms with Crippen LogP contribution in [0, 0.1) is 12.8 Å². The average Bonchev–Trinajstić information content (AvgIpc) is 3.02. The minimum absolute atomic E-state index is 0.0403. The topological polar surface area (TPSA) is 63.1 Å². The molecule has 0 aromatic carbocycles. The van der Waals surface area contributed by atoms with Crippen LogP contribution in [0.1, 0.15) is 62.1 Å². The molecule has 6 heteroatoms. The Bertz CT molecular complexity index is 759. The molecular weight excluding hydrogens is 326 g/mol. The molecular formula is C20H31N5O. The van der Waals surface area contributed by atoms with E-state index in [0.29, 0.717) is 12.1 Å². The Balaban J connectivity index is 1.55. The quantitative estimate of drug-likeness (QED) is 0.807. The normalized spacial score (nSPS) is 16.5. The molecule has 1 aliphatic heterocycles. The highest BCUT2D eigenvalue weighted by Gasteiger charge is 2.16. The lowest BCUT2D eigenvalue weighted by Gasteiger charge is -2.30. The van der Waals surface area contributed by atoms with Crippen LogP contribution in [0.25, 0.3) is 11.0 Å². The molecule has 1 aliphatic rings. The number of nitrogens with one attached hydrogen (secondary N) is 1. The lowest BCUT2D eigenvalue weighted by molar-refractivity contribution is 0.0949. The Labute approximate surface area is 156 Å². The van der Waals surface area contributed by atoms with E-state index in [1.165, 1.54) is 25.9 Å². The largest absolute Gasteiger partial charge is 0.352 e. The van der Waals surface area contributed by atoms with Crippen molar-refractivity contribution in [1.29, 1.82) is 0 Å². The molecule has 3 heterocycles. The minimum Gasteiger partial charge on any atom is -0.352 e. The van der Waals surface area contributed by atoms with Gasteiger partial charge >= 0.3 is 0 Å². The van der Waals surface area contributed by atoms with Crippen molar-refractivity contribution in [2.24, 2.45) is 5.92 Å². The molecule has 0 unspecified atom stereocenters. The molecule has 6 nitrogen and oxygen atoms in total. The fraction of sp³-hybridized carbons (Fsp3) is 0.650. The molecule has 1 fully saturated rings. The second-order valence-corrected chi connectivity index (χ2v) is 7.85. The third-order valence-electron chi connectivity index (χ3n) is 5.31. The molecule has 0 bridgehead atoms. The molecule has 0 atom stereocenters. The van der Waals surface area contributed by atoms with Gasteiger partial charge in [0.1, 0.15) is 0 Å². The number of likely N-dealkylation sites (tertiary alicyclic amines) is 1. The first-order chi connectivity index (χ1) is 12.5. The predicted molar refractivity (Wildman–Crippen MR) is 104 cm³/mol. The van der Waals surface area contributed by atoms with Crippen LogP contribution in [0.15, 0.2) is 12.3 Å². The van der Waals surface area contributed by atoms with Crippen LogP contribution >= 0.6 is 0 Å². The van der Waals surface area contributed by atoms with Gasteiger partial charge < -0.3 is 10.2 Å². The number of hydrogen-bond donors (Lipinski definition) is 1. The van der Waals surface area contributed by atoms with E-state index in [4.69, 9.17) is 0 Å². The van der Waals surface area contributed by atoms with Crippen LogP contribution < -0.4 is 5.32 Å². The molecule has 0 spiro atoms. The van der Waals surface area contributed by atoms with E-state index in [0.717, 1.165) is 35.6 Å². The van der Waals surface area contributed by atoms with Gasteiger partial charge in [0, 0.05) is 18.0 Å². The number of amides is 1. The third-order valence-corrected chi connectivity index (χ3v) is 5.31. The zero-order valence-corrected chi connectivity index (χ0v) is 16.5. The fourth-order valence-electron chi connectivity index (χ4n) is 3.56. The number of hydrogen-bond acceptors (Lipinski definition) is 4. The zero-order valence-electron chi connectivity index (χ0n) is 16.5. The maximum absolute atomic E-state index is 12.6. The van der Waals surface area contributed by atoms with E-state index in [1.807, 2.05) is 17.7 Å². The molecule has 0 radical (unpaired) electrons. The van der Waals surface area contributed by atoms with Crippen molar-refractivity contribution < 1.29 is 4.79 Å². The Morgan fingerprint density at radius 1 is 1.35 bits per heavy atom. The number of carbonyl (C=O) groups excluding carboxylic acids is 1. The Morgan fingerprint density at radius 3 is 2.77 bits per heavy atom. The van der Waals surface area contributed by atoms with Crippen LogP contribution in [0.2, 0.25) is 0 Å². The number of piperidine rings is 1. The molecule has 0 saturated carbocycles. The molecule has 1 N–H and O–H groups in total. The zero-order chi connectivity index (χ0) is 18.7. The van der Waals surface area contributed by atoms with Gasteiger partial charge in [0.25, 0.3) is 5.91 Å². The van der Waals surface area contributed by atoms with E-state index < -0.39 is 0 Å². The van der Waals surface area contributed by atoms with E-state index >= 15 is 0 Å². The van der Waals surface area contributed by atoms with Crippen molar-refractivity contribution in [2.75, 3.05) is 26.2 Å². The van der Waals surface area contributed by atoms with Gasteiger partial charge in [0.15, 0.2) is 5.65 Å². The molecule has 26 heavy (non-hydrogen) atoms. The Hall–Kier alpha value is -1.95. The van der Waals surface area contributed by atoms with E-state index in [2.05, 4.69) is 41.1 Å². The van der Waals surface area contributed by atoms with Gasteiger partial charge in [-0.15, -0.1) is 0 Å². The second kappa shape index (κ2) is 8.16. The second-order valence-electron chi connectivity index (χ2n) is 7.85. The highest BCUT2D eigenvalue weighted by molar-refractivity contribution is 5.98. The predicted octanol–water partition coefficient (Wildman–Crippen LogP) is 3.17. The van der Waals surface area contributed by atoms with Crippen molar-refractivity contribution in [3.63, 3.8) is 0 Å². The van der Waals surface area contributed by atoms with Gasteiger partial charge in [0.2, 0.25) is 0 Å². The van der Waals surface area contributed by atoms with Gasteiger partial charge in [-0.1, -0.05) is 6.92 Å². The number of rotatable bonds is 6. The van der Waals surface area contributed by atoms with Gasteiger partial charge in [-0.05, 0) is 71.7 Å². The smallest absolute Gasteiger partial charge is 0.253 e. The van der Waals surface area contributed by atoms with Gasteiger partial charge in [-0.25, -0.2) is 9.67 Å². The Morgan fingerprint density at radius 2 is 2.08 bits per heavy atom. The molecule has 1 saturated heterocycles. The number of pyridine rings is 1. The van der Waals surface area contributed by atoms with Gasteiger partial charge in [-0.3, -0.25) is 4.79 Å². The summed E-state index contributed by atoms with van der Waals surface area (Å²) < 4.78 is 1.89. The molecule has 0 aliphatic carbocycles. The summed E-state index contributed by atoms with van der Waals surface area (Å²) in [6, 6.07) is 2.15. The van der Waals surface area contributed by atoms with Crippen LogP contribution in [-0.2, 0) is 0 Å². The van der Waals surface area contributed by atoms with Crippen LogP contribution in [-0.4, -0.2) is 51.8 Å². The van der Waals surface area contributed by atoms with Crippen molar-refractivity contribution in [2.45, 2.75) is 53.0 Å². The first kappa shape index (κ1) is 18.8. The molecule has 2 aromatic heterocycles. The maximum atomic E-state index is 12.6. The van der Waals surface area contributed by atoms with E-state index in [1.54, 1.807) is 6.20 Å². The minimum atomic E-state index is -0.0403. The summed E-state index contributed by atoms with van der Waals surface area (Å²) in [5, 5.41) is 8.35. The van der Waals surface area contributed by atoms with Crippen molar-refractivity contribution in [3.05, 3.63) is 23.5 Å². The standard InChI is InChI=1S/C20H31N5O/c1-14(2)25-19-17(13-22-25)12-18(16(4)23-19)20(26)21-8-5-9-24-10-6-15(3)7-11-24/h12-15H,5-11H2,1-4H3,(H,21,26). The number of nitrogens with zero attached hydrogens (tertiary/aromatic N) is 4. The summed E-state index contributed by atoms with van der Waals surface area (Å²) in [5.74, 6) is 0.817. The molecule has 142 valence electrons. The summed E-state index contributed by atoms with van der Waals surface area (Å²) in [5.41, 5.74) is 2.24. The number of fused-ring (bicyclic) bond motifs is 1. The third kappa shape index (κ3) is 4.23. The molecule has 1 amide bonds. The summed E-state index contributed by atoms with van der Waals surface area (Å²) >= 11 is 0. The van der Waals surface area contributed by atoms with Crippen molar-refractivity contribution in [1.82, 2.24) is 25.0 Å². The summed E-state index contributed by atoms with van der Waals surface area (Å²) in [7, 11) is 0. The number of carbonyl (C=O) groups is 1. The first-order valence-corrected chi connectivity index (χ1v) is 9.81. The van der Waals surface area contributed by atoms with Crippen LogP contribution in [0.4, 0.5) is 0 Å². The maximum Gasteiger partial charge on any atom is 0.253 e. The van der Waals surface area contributed by atoms with Crippen LogP contribution in [0.5, 0.6) is 0 Å². The monoisotopic (exact) mass is 357 g/mol. The molecule has 3 rings (SSSR count). The summed E-state index contributed by atoms with van der Waals surface area (Å²) in [4.78, 5) is 19.7. The highest BCUT2D eigenvalue weighted by Crippen LogP contribution is 2.19. The number of aryl methyl sites for hydroxylation is 1. The van der Waals surface area contributed by atoms with E-state index in [-0.39, 0.29) is 11.9 Å². The van der Waals surface area contributed by atoms with Crippen LogP contribution in [0.3, 0.4) is 0 Å². The summed E-state index contributed by atoms with van der Waals surface area (Å²) in [6.45, 7) is 12.5. The fourth-order valence-corrected chi connectivity index (χ4v) is 3.56. The highest BCUT2D eigenvalue weighted by atomic mass is 16.1. The van der Waals surface area contributed by atoms with Gasteiger partial charge in [0.05, 0.1) is 17.5 Å². The van der Waals surface area contributed by atoms with Crippen molar-refractivity contribution >= 4 is 16.9 Å². The molecule has 2 aromatic rings. The average molecular weight is 358 g/mol. The van der Waals surface area contributed by atoms with Gasteiger partial charge in [-0.2, -0.15) is 5.10 Å². The summed E-state index contributed by atoms with van der Waals surface area (Å²) in [6.07, 6.45) is 5.36. The first-order valence-electron chi connectivity index (χ1n) is 9.81. The lowest BCUT2D eigenvalue weighted by atomic mass is 9.99. The number of aromatic nitrogens is 3. The van der Waals surface area contributed by atoms with E-state index in [9.17, 15) is 4.79 Å². The lowest BCUT2D eigenvalue weighted by Crippen LogP contribution is -2.35. The van der Waals surface area contributed by atoms with Crippen molar-refractivity contribution in [3.8, 4) is 0 Å². The Kier molecular flexibility index (Phi) is 5.91. The SMILES string of the molecule is Cc1nc2c(cnn2C(C)C)cc1C(=O)NCCCN1CCC(C)CC1.